The second-order valence-corrected chi connectivity index (χ2v) is 6.55. The standard InChI is InChI=1S/C20H22N4O2/c1-15-22-10-18(23(15)2)13-24(12-17-4-3-7-21-9-17)11-16-5-6-19-20(8-16)26-14-25-19/h3-10H,11-14H2,1-2H3. The first-order valence-electron chi connectivity index (χ1n) is 8.66. The van der Waals surface area contributed by atoms with Gasteiger partial charge in [0.15, 0.2) is 11.5 Å². The highest BCUT2D eigenvalue weighted by molar-refractivity contribution is 5.44. The lowest BCUT2D eigenvalue weighted by atomic mass is 10.1. The van der Waals surface area contributed by atoms with E-state index in [2.05, 4.69) is 44.7 Å². The molecule has 0 unspecified atom stereocenters. The third kappa shape index (κ3) is 3.55. The van der Waals surface area contributed by atoms with Crippen molar-refractivity contribution in [1.82, 2.24) is 19.4 Å². The Kier molecular flexibility index (Phi) is 4.58. The van der Waals surface area contributed by atoms with Crippen molar-refractivity contribution in [1.29, 1.82) is 0 Å². The van der Waals surface area contributed by atoms with Crippen LogP contribution in [-0.4, -0.2) is 26.2 Å². The number of aromatic nitrogens is 3. The number of nitrogens with zero attached hydrogens (tertiary/aromatic N) is 4. The van der Waals surface area contributed by atoms with Crippen LogP contribution in [0.2, 0.25) is 0 Å². The summed E-state index contributed by atoms with van der Waals surface area (Å²) < 4.78 is 13.1. The first-order valence-corrected chi connectivity index (χ1v) is 8.66. The largest absolute Gasteiger partial charge is 0.454 e. The normalized spacial score (nSPS) is 12.7. The summed E-state index contributed by atoms with van der Waals surface area (Å²) in [4.78, 5) is 11.0. The predicted molar refractivity (Wildman–Crippen MR) is 97.7 cm³/mol. The number of ether oxygens (including phenoxy) is 2. The molecule has 1 aliphatic rings. The molecule has 0 aliphatic carbocycles. The van der Waals surface area contributed by atoms with Crippen LogP contribution in [0.4, 0.5) is 0 Å². The smallest absolute Gasteiger partial charge is 0.231 e. The van der Waals surface area contributed by atoms with E-state index in [-0.39, 0.29) is 0 Å². The predicted octanol–water partition coefficient (Wildman–Crippen LogP) is 3.05. The summed E-state index contributed by atoms with van der Waals surface area (Å²) in [5.74, 6) is 2.65. The number of hydrogen-bond acceptors (Lipinski definition) is 5. The molecular formula is C20H22N4O2. The highest BCUT2D eigenvalue weighted by atomic mass is 16.7. The number of hydrogen-bond donors (Lipinski definition) is 0. The van der Waals surface area contributed by atoms with Gasteiger partial charge < -0.3 is 14.0 Å². The van der Waals surface area contributed by atoms with Gasteiger partial charge >= 0.3 is 0 Å². The number of benzene rings is 1. The maximum absolute atomic E-state index is 5.51. The lowest BCUT2D eigenvalue weighted by Crippen LogP contribution is -2.23. The molecule has 0 saturated heterocycles. The van der Waals surface area contributed by atoms with Crippen molar-refractivity contribution < 1.29 is 9.47 Å². The van der Waals surface area contributed by atoms with Crippen LogP contribution < -0.4 is 9.47 Å². The van der Waals surface area contributed by atoms with E-state index >= 15 is 0 Å². The Morgan fingerprint density at radius 2 is 1.88 bits per heavy atom. The molecule has 26 heavy (non-hydrogen) atoms. The maximum Gasteiger partial charge on any atom is 0.231 e. The van der Waals surface area contributed by atoms with Gasteiger partial charge in [0, 0.05) is 45.3 Å². The van der Waals surface area contributed by atoms with Crippen LogP contribution in [0.3, 0.4) is 0 Å². The summed E-state index contributed by atoms with van der Waals surface area (Å²) in [5.41, 5.74) is 3.57. The third-order valence-corrected chi connectivity index (χ3v) is 4.67. The Hall–Kier alpha value is -2.86. The number of aryl methyl sites for hydroxylation is 1. The zero-order valence-corrected chi connectivity index (χ0v) is 15.1. The monoisotopic (exact) mass is 350 g/mol. The molecule has 0 saturated carbocycles. The van der Waals surface area contributed by atoms with E-state index in [1.165, 1.54) is 16.8 Å². The second kappa shape index (κ2) is 7.17. The molecular weight excluding hydrogens is 328 g/mol. The van der Waals surface area contributed by atoms with Crippen molar-refractivity contribution in [3.63, 3.8) is 0 Å². The zero-order chi connectivity index (χ0) is 17.9. The summed E-state index contributed by atoms with van der Waals surface area (Å²) in [7, 11) is 2.06. The van der Waals surface area contributed by atoms with Gasteiger partial charge in [0.05, 0.1) is 5.69 Å². The van der Waals surface area contributed by atoms with Gasteiger partial charge in [-0.25, -0.2) is 4.98 Å². The van der Waals surface area contributed by atoms with Crippen molar-refractivity contribution in [3.8, 4) is 11.5 Å². The van der Waals surface area contributed by atoms with E-state index in [1.807, 2.05) is 31.5 Å². The molecule has 134 valence electrons. The Balaban J connectivity index is 1.56. The fourth-order valence-electron chi connectivity index (χ4n) is 3.14. The fourth-order valence-corrected chi connectivity index (χ4v) is 3.14. The van der Waals surface area contributed by atoms with Gasteiger partial charge in [-0.2, -0.15) is 0 Å². The van der Waals surface area contributed by atoms with E-state index in [9.17, 15) is 0 Å². The lowest BCUT2D eigenvalue weighted by molar-refractivity contribution is 0.174. The lowest BCUT2D eigenvalue weighted by Gasteiger charge is -2.23. The number of fused-ring (bicyclic) bond motifs is 1. The molecule has 2 aromatic heterocycles. The van der Waals surface area contributed by atoms with Crippen LogP contribution in [0.25, 0.3) is 0 Å². The second-order valence-electron chi connectivity index (χ2n) is 6.55. The van der Waals surface area contributed by atoms with Gasteiger partial charge in [0.25, 0.3) is 0 Å². The average molecular weight is 350 g/mol. The van der Waals surface area contributed by atoms with E-state index in [1.54, 1.807) is 6.20 Å². The van der Waals surface area contributed by atoms with E-state index in [0.29, 0.717) is 6.79 Å². The summed E-state index contributed by atoms with van der Waals surface area (Å²) in [5, 5.41) is 0. The first kappa shape index (κ1) is 16.6. The van der Waals surface area contributed by atoms with Crippen LogP contribution in [-0.2, 0) is 26.7 Å². The van der Waals surface area contributed by atoms with Crippen molar-refractivity contribution in [3.05, 3.63) is 71.6 Å². The Morgan fingerprint density at radius 1 is 1.04 bits per heavy atom. The average Bonchev–Trinajstić information content (AvgIpc) is 3.24. The SMILES string of the molecule is Cc1ncc(CN(Cc2cccnc2)Cc2ccc3c(c2)OCO3)n1C. The molecule has 0 spiro atoms. The molecule has 0 bridgehead atoms. The van der Waals surface area contributed by atoms with Crippen molar-refractivity contribution in [2.75, 3.05) is 6.79 Å². The van der Waals surface area contributed by atoms with Crippen LogP contribution in [0.5, 0.6) is 11.5 Å². The summed E-state index contributed by atoms with van der Waals surface area (Å²) in [6, 6.07) is 10.2. The van der Waals surface area contributed by atoms with Crippen molar-refractivity contribution in [2.24, 2.45) is 7.05 Å². The van der Waals surface area contributed by atoms with Gasteiger partial charge in [-0.3, -0.25) is 9.88 Å². The van der Waals surface area contributed by atoms with Crippen LogP contribution in [0.1, 0.15) is 22.6 Å². The number of imidazole rings is 1. The fraction of sp³-hybridized carbons (Fsp3) is 0.300. The van der Waals surface area contributed by atoms with Gasteiger partial charge in [-0.05, 0) is 36.2 Å². The summed E-state index contributed by atoms with van der Waals surface area (Å²) >= 11 is 0. The van der Waals surface area contributed by atoms with Gasteiger partial charge in [0.1, 0.15) is 5.82 Å². The molecule has 1 aromatic carbocycles. The molecule has 0 amide bonds. The summed E-state index contributed by atoms with van der Waals surface area (Å²) in [6.45, 7) is 4.74. The molecule has 6 heteroatoms. The molecule has 0 N–H and O–H groups in total. The minimum atomic E-state index is 0.298. The molecule has 1 aliphatic heterocycles. The van der Waals surface area contributed by atoms with E-state index in [0.717, 1.165) is 37.0 Å². The molecule has 4 rings (SSSR count). The molecule has 0 atom stereocenters. The minimum absolute atomic E-state index is 0.298. The van der Waals surface area contributed by atoms with Gasteiger partial charge in [-0.15, -0.1) is 0 Å². The van der Waals surface area contributed by atoms with Crippen molar-refractivity contribution in [2.45, 2.75) is 26.6 Å². The highest BCUT2D eigenvalue weighted by Crippen LogP contribution is 2.33. The molecule has 0 fully saturated rings. The van der Waals surface area contributed by atoms with E-state index in [4.69, 9.17) is 9.47 Å². The quantitative estimate of drug-likeness (QED) is 0.684. The van der Waals surface area contributed by atoms with Crippen LogP contribution >= 0.6 is 0 Å². The van der Waals surface area contributed by atoms with Crippen LogP contribution in [0, 0.1) is 6.92 Å². The zero-order valence-electron chi connectivity index (χ0n) is 15.1. The Bertz CT molecular complexity index is 892. The topological polar surface area (TPSA) is 52.4 Å². The summed E-state index contributed by atoms with van der Waals surface area (Å²) in [6.07, 6.45) is 5.67. The number of pyridine rings is 1. The third-order valence-electron chi connectivity index (χ3n) is 4.67. The highest BCUT2D eigenvalue weighted by Gasteiger charge is 2.16. The number of rotatable bonds is 6. The Morgan fingerprint density at radius 3 is 2.65 bits per heavy atom. The molecule has 3 heterocycles. The first-order chi connectivity index (χ1) is 12.7. The van der Waals surface area contributed by atoms with Crippen molar-refractivity contribution >= 4 is 0 Å². The van der Waals surface area contributed by atoms with Crippen LogP contribution in [0.15, 0.2) is 48.9 Å². The Labute approximate surface area is 153 Å². The maximum atomic E-state index is 5.51. The van der Waals surface area contributed by atoms with Gasteiger partial charge in [0.2, 0.25) is 6.79 Å². The molecule has 3 aromatic rings. The minimum Gasteiger partial charge on any atom is -0.454 e. The molecule has 0 radical (unpaired) electrons. The molecule has 6 nitrogen and oxygen atoms in total. The van der Waals surface area contributed by atoms with E-state index < -0.39 is 0 Å². The van der Waals surface area contributed by atoms with Gasteiger partial charge in [-0.1, -0.05) is 12.1 Å².